The van der Waals surface area contributed by atoms with Crippen LogP contribution in [0.2, 0.25) is 5.02 Å². The Morgan fingerprint density at radius 3 is 2.57 bits per heavy atom. The van der Waals surface area contributed by atoms with Crippen molar-refractivity contribution >= 4 is 23.0 Å². The molecule has 21 heavy (non-hydrogen) atoms. The lowest BCUT2D eigenvalue weighted by atomic mass is 10.1. The maximum absolute atomic E-state index is 6.16. The first kappa shape index (κ1) is 15.9. The number of halogens is 1. The van der Waals surface area contributed by atoms with Crippen molar-refractivity contribution < 1.29 is 0 Å². The normalized spacial score (nSPS) is 11.0. The highest BCUT2D eigenvalue weighted by molar-refractivity contribution is 6.30. The maximum Gasteiger partial charge on any atom is 0.0454 e. The summed E-state index contributed by atoms with van der Waals surface area (Å²) in [5.74, 6) is 0. The summed E-state index contributed by atoms with van der Waals surface area (Å²) in [6.45, 7) is 7.22. The second kappa shape index (κ2) is 6.97. The Morgan fingerprint density at radius 1 is 1.14 bits per heavy atom. The molecule has 0 unspecified atom stereocenters. The number of benzene rings is 2. The quantitative estimate of drug-likeness (QED) is 0.844. The fraction of sp³-hybridized carbons (Fsp3) is 0.333. The highest BCUT2D eigenvalue weighted by atomic mass is 35.5. The molecule has 0 heterocycles. The van der Waals surface area contributed by atoms with Gasteiger partial charge in [-0.2, -0.15) is 0 Å². The highest BCUT2D eigenvalue weighted by Gasteiger charge is 2.10. The van der Waals surface area contributed by atoms with Gasteiger partial charge in [0.1, 0.15) is 0 Å². The van der Waals surface area contributed by atoms with Crippen molar-refractivity contribution in [2.45, 2.75) is 33.4 Å². The summed E-state index contributed by atoms with van der Waals surface area (Å²) in [6.07, 6.45) is 0. The van der Waals surface area contributed by atoms with Gasteiger partial charge in [-0.25, -0.2) is 0 Å². The fourth-order valence-corrected chi connectivity index (χ4v) is 2.51. The van der Waals surface area contributed by atoms with E-state index in [9.17, 15) is 0 Å². The summed E-state index contributed by atoms with van der Waals surface area (Å²) in [5, 5.41) is 4.24. The van der Waals surface area contributed by atoms with Crippen LogP contribution < -0.4 is 10.2 Å². The van der Waals surface area contributed by atoms with Gasteiger partial charge < -0.3 is 10.2 Å². The Bertz CT molecular complexity index is 608. The molecule has 0 atom stereocenters. The standard InChI is InChI=1S/C18H23ClN2/c1-13(2)20-12-15-11-16(19)8-9-18(15)21(4)17-7-5-6-14(3)10-17/h5-11,13,20H,12H2,1-4H3. The molecule has 0 amide bonds. The number of nitrogens with zero attached hydrogens (tertiary/aromatic N) is 1. The van der Waals surface area contributed by atoms with E-state index in [0.717, 1.165) is 11.6 Å². The number of hydrogen-bond donors (Lipinski definition) is 1. The monoisotopic (exact) mass is 302 g/mol. The molecule has 0 aromatic heterocycles. The van der Waals surface area contributed by atoms with Crippen molar-refractivity contribution in [2.24, 2.45) is 0 Å². The minimum absolute atomic E-state index is 0.445. The van der Waals surface area contributed by atoms with Crippen LogP contribution in [0, 0.1) is 6.92 Å². The summed E-state index contributed by atoms with van der Waals surface area (Å²) in [6, 6.07) is 15.0. The lowest BCUT2D eigenvalue weighted by molar-refractivity contribution is 0.589. The van der Waals surface area contributed by atoms with Gasteiger partial charge in [-0.05, 0) is 48.4 Å². The molecule has 112 valence electrons. The van der Waals surface area contributed by atoms with Gasteiger partial charge in [0, 0.05) is 36.0 Å². The average Bonchev–Trinajstić information content (AvgIpc) is 2.44. The zero-order valence-electron chi connectivity index (χ0n) is 13.2. The van der Waals surface area contributed by atoms with E-state index in [-0.39, 0.29) is 0 Å². The molecule has 1 N–H and O–H groups in total. The molecule has 2 nitrogen and oxygen atoms in total. The van der Waals surface area contributed by atoms with Gasteiger partial charge in [0.15, 0.2) is 0 Å². The smallest absolute Gasteiger partial charge is 0.0454 e. The summed E-state index contributed by atoms with van der Waals surface area (Å²) in [7, 11) is 2.09. The Balaban J connectivity index is 2.33. The second-order valence-corrected chi connectivity index (χ2v) is 6.14. The van der Waals surface area contributed by atoms with Crippen molar-refractivity contribution in [3.63, 3.8) is 0 Å². The van der Waals surface area contributed by atoms with Crippen molar-refractivity contribution in [3.8, 4) is 0 Å². The van der Waals surface area contributed by atoms with Crippen molar-refractivity contribution in [1.82, 2.24) is 5.32 Å². The zero-order chi connectivity index (χ0) is 15.4. The van der Waals surface area contributed by atoms with Crippen LogP contribution in [0.25, 0.3) is 0 Å². The summed E-state index contributed by atoms with van der Waals surface area (Å²) < 4.78 is 0. The van der Waals surface area contributed by atoms with E-state index >= 15 is 0 Å². The van der Waals surface area contributed by atoms with Crippen LogP contribution in [0.4, 0.5) is 11.4 Å². The molecular formula is C18H23ClN2. The van der Waals surface area contributed by atoms with E-state index in [1.807, 2.05) is 12.1 Å². The predicted octanol–water partition coefficient (Wildman–Crippen LogP) is 4.91. The van der Waals surface area contributed by atoms with Crippen LogP contribution in [0.3, 0.4) is 0 Å². The van der Waals surface area contributed by atoms with Crippen molar-refractivity contribution in [1.29, 1.82) is 0 Å². The molecule has 0 aliphatic rings. The minimum Gasteiger partial charge on any atom is -0.344 e. The Labute approximate surface area is 132 Å². The summed E-state index contributed by atoms with van der Waals surface area (Å²) >= 11 is 6.16. The number of nitrogens with one attached hydrogen (secondary N) is 1. The molecular weight excluding hydrogens is 280 g/mol. The molecule has 2 aromatic carbocycles. The molecule has 0 aliphatic carbocycles. The molecule has 0 fully saturated rings. The molecule has 2 aromatic rings. The zero-order valence-corrected chi connectivity index (χ0v) is 13.9. The van der Waals surface area contributed by atoms with Gasteiger partial charge in [-0.3, -0.25) is 0 Å². The number of aryl methyl sites for hydroxylation is 1. The summed E-state index contributed by atoms with van der Waals surface area (Å²) in [5.41, 5.74) is 4.83. The SMILES string of the molecule is Cc1cccc(N(C)c2ccc(Cl)cc2CNC(C)C)c1. The van der Waals surface area contributed by atoms with Crippen LogP contribution in [-0.2, 0) is 6.54 Å². The largest absolute Gasteiger partial charge is 0.344 e. The number of anilines is 2. The van der Waals surface area contributed by atoms with E-state index in [2.05, 4.69) is 68.4 Å². The first-order valence-corrected chi connectivity index (χ1v) is 7.67. The van der Waals surface area contributed by atoms with Gasteiger partial charge >= 0.3 is 0 Å². The first-order valence-electron chi connectivity index (χ1n) is 7.29. The van der Waals surface area contributed by atoms with Gasteiger partial charge in [-0.15, -0.1) is 0 Å². The minimum atomic E-state index is 0.445. The van der Waals surface area contributed by atoms with Crippen LogP contribution in [-0.4, -0.2) is 13.1 Å². The molecule has 0 radical (unpaired) electrons. The van der Waals surface area contributed by atoms with Gasteiger partial charge in [0.2, 0.25) is 0 Å². The van der Waals surface area contributed by atoms with Crippen LogP contribution >= 0.6 is 11.6 Å². The van der Waals surface area contributed by atoms with Crippen molar-refractivity contribution in [2.75, 3.05) is 11.9 Å². The fourth-order valence-electron chi connectivity index (χ4n) is 2.31. The third-order valence-electron chi connectivity index (χ3n) is 3.49. The molecule has 0 bridgehead atoms. The van der Waals surface area contributed by atoms with E-state index in [1.165, 1.54) is 22.5 Å². The molecule has 2 rings (SSSR count). The van der Waals surface area contributed by atoms with E-state index < -0.39 is 0 Å². The lowest BCUT2D eigenvalue weighted by Gasteiger charge is -2.24. The van der Waals surface area contributed by atoms with Crippen LogP contribution in [0.15, 0.2) is 42.5 Å². The predicted molar refractivity (Wildman–Crippen MR) is 92.7 cm³/mol. The Kier molecular flexibility index (Phi) is 5.27. The molecule has 0 saturated heterocycles. The Hall–Kier alpha value is -1.51. The third kappa shape index (κ3) is 4.23. The van der Waals surface area contributed by atoms with E-state index in [4.69, 9.17) is 11.6 Å². The second-order valence-electron chi connectivity index (χ2n) is 5.71. The third-order valence-corrected chi connectivity index (χ3v) is 3.73. The number of rotatable bonds is 5. The summed E-state index contributed by atoms with van der Waals surface area (Å²) in [4.78, 5) is 2.21. The van der Waals surface area contributed by atoms with E-state index in [0.29, 0.717) is 6.04 Å². The molecule has 0 aliphatic heterocycles. The lowest BCUT2D eigenvalue weighted by Crippen LogP contribution is -2.23. The van der Waals surface area contributed by atoms with Crippen molar-refractivity contribution in [3.05, 3.63) is 58.6 Å². The molecule has 3 heteroatoms. The first-order chi connectivity index (χ1) is 9.97. The number of hydrogen-bond acceptors (Lipinski definition) is 2. The van der Waals surface area contributed by atoms with Gasteiger partial charge in [0.25, 0.3) is 0 Å². The van der Waals surface area contributed by atoms with Gasteiger partial charge in [0.05, 0.1) is 0 Å². The Morgan fingerprint density at radius 2 is 1.90 bits per heavy atom. The molecule has 0 saturated carbocycles. The average molecular weight is 303 g/mol. The maximum atomic E-state index is 6.16. The molecule has 0 spiro atoms. The van der Waals surface area contributed by atoms with Crippen LogP contribution in [0.1, 0.15) is 25.0 Å². The van der Waals surface area contributed by atoms with E-state index in [1.54, 1.807) is 0 Å². The topological polar surface area (TPSA) is 15.3 Å². The van der Waals surface area contributed by atoms with Crippen LogP contribution in [0.5, 0.6) is 0 Å². The van der Waals surface area contributed by atoms with Gasteiger partial charge in [-0.1, -0.05) is 37.6 Å². The highest BCUT2D eigenvalue weighted by Crippen LogP contribution is 2.29.